The zero-order chi connectivity index (χ0) is 14.5. The molecule has 1 aliphatic rings. The van der Waals surface area contributed by atoms with E-state index in [1.807, 2.05) is 18.2 Å². The topological polar surface area (TPSA) is 27.0 Å². The molecule has 0 atom stereocenters. The van der Waals surface area contributed by atoms with Gasteiger partial charge in [-0.3, -0.25) is 0 Å². The summed E-state index contributed by atoms with van der Waals surface area (Å²) in [5.41, 5.74) is 1.73. The molecule has 0 aromatic heterocycles. The highest BCUT2D eigenvalue weighted by Gasteiger charge is 2.23. The molecule has 3 heteroatoms. The molecule has 0 aliphatic heterocycles. The van der Waals surface area contributed by atoms with Crippen molar-refractivity contribution in [3.63, 3.8) is 0 Å². The maximum Gasteiger partial charge on any atom is 0.101 e. The molecule has 2 rings (SSSR count). The van der Waals surface area contributed by atoms with E-state index >= 15 is 0 Å². The average molecular weight is 291 g/mol. The van der Waals surface area contributed by atoms with Gasteiger partial charge < -0.3 is 4.90 Å². The number of halogens is 1. The van der Waals surface area contributed by atoms with Gasteiger partial charge in [-0.1, -0.05) is 38.3 Å². The molecule has 0 amide bonds. The van der Waals surface area contributed by atoms with Crippen molar-refractivity contribution in [3.8, 4) is 6.07 Å². The highest BCUT2D eigenvalue weighted by atomic mass is 35.5. The number of anilines is 1. The molecule has 1 aromatic rings. The Labute approximate surface area is 127 Å². The normalized spacial score (nSPS) is 15.6. The number of nitrogens with zero attached hydrogens (tertiary/aromatic N) is 2. The van der Waals surface area contributed by atoms with E-state index in [4.69, 9.17) is 16.9 Å². The second kappa shape index (κ2) is 6.99. The number of rotatable bonds is 5. The lowest BCUT2D eigenvalue weighted by Crippen LogP contribution is -2.34. The SMILES string of the molecule is CC(C)CCN(c1ccc(C#N)c(Cl)c1)C1CCCC1. The summed E-state index contributed by atoms with van der Waals surface area (Å²) in [4.78, 5) is 2.50. The van der Waals surface area contributed by atoms with Crippen LogP contribution in [0.15, 0.2) is 18.2 Å². The predicted molar refractivity (Wildman–Crippen MR) is 85.2 cm³/mol. The van der Waals surface area contributed by atoms with Crippen molar-refractivity contribution < 1.29 is 0 Å². The van der Waals surface area contributed by atoms with Crippen LogP contribution in [0.5, 0.6) is 0 Å². The monoisotopic (exact) mass is 290 g/mol. The van der Waals surface area contributed by atoms with Crippen LogP contribution in [0.1, 0.15) is 51.5 Å². The van der Waals surface area contributed by atoms with E-state index in [0.717, 1.165) is 6.54 Å². The molecule has 108 valence electrons. The summed E-state index contributed by atoms with van der Waals surface area (Å²) in [7, 11) is 0. The van der Waals surface area contributed by atoms with Crippen LogP contribution in [-0.2, 0) is 0 Å². The molecule has 0 N–H and O–H groups in total. The molecule has 20 heavy (non-hydrogen) atoms. The van der Waals surface area contributed by atoms with Gasteiger partial charge in [0.05, 0.1) is 10.6 Å². The minimum Gasteiger partial charge on any atom is -0.368 e. The van der Waals surface area contributed by atoms with E-state index in [2.05, 4.69) is 24.8 Å². The van der Waals surface area contributed by atoms with Crippen molar-refractivity contribution in [3.05, 3.63) is 28.8 Å². The van der Waals surface area contributed by atoms with E-state index in [0.29, 0.717) is 22.5 Å². The minimum atomic E-state index is 0.561. The third-order valence-corrected chi connectivity index (χ3v) is 4.43. The third kappa shape index (κ3) is 3.67. The molecular formula is C17H23ClN2. The smallest absolute Gasteiger partial charge is 0.101 e. The van der Waals surface area contributed by atoms with Crippen LogP contribution in [0.3, 0.4) is 0 Å². The number of hydrogen-bond donors (Lipinski definition) is 0. The lowest BCUT2D eigenvalue weighted by Gasteiger charge is -2.32. The van der Waals surface area contributed by atoms with Crippen molar-refractivity contribution in [2.45, 2.75) is 52.0 Å². The van der Waals surface area contributed by atoms with Crippen LogP contribution in [0.4, 0.5) is 5.69 Å². The van der Waals surface area contributed by atoms with Gasteiger partial charge in [-0.25, -0.2) is 0 Å². The van der Waals surface area contributed by atoms with E-state index < -0.39 is 0 Å². The Morgan fingerprint density at radius 3 is 2.60 bits per heavy atom. The predicted octanol–water partition coefficient (Wildman–Crippen LogP) is 5.01. The Balaban J connectivity index is 2.20. The van der Waals surface area contributed by atoms with Crippen LogP contribution in [0.2, 0.25) is 5.02 Å². The number of benzene rings is 1. The Kier molecular flexibility index (Phi) is 5.31. The fourth-order valence-corrected chi connectivity index (χ4v) is 3.13. The average Bonchev–Trinajstić information content (AvgIpc) is 2.93. The summed E-state index contributed by atoms with van der Waals surface area (Å²) in [6.07, 6.45) is 6.39. The van der Waals surface area contributed by atoms with Crippen LogP contribution >= 0.6 is 11.6 Å². The number of hydrogen-bond acceptors (Lipinski definition) is 2. The van der Waals surface area contributed by atoms with Crippen molar-refractivity contribution in [2.24, 2.45) is 5.92 Å². The van der Waals surface area contributed by atoms with Crippen molar-refractivity contribution in [2.75, 3.05) is 11.4 Å². The first kappa shape index (κ1) is 15.2. The van der Waals surface area contributed by atoms with Crippen LogP contribution in [0, 0.1) is 17.2 Å². The van der Waals surface area contributed by atoms with Crippen LogP contribution in [-0.4, -0.2) is 12.6 Å². The van der Waals surface area contributed by atoms with Gasteiger partial charge in [0.15, 0.2) is 0 Å². The quantitative estimate of drug-likeness (QED) is 0.762. The molecule has 1 aromatic carbocycles. The Hall–Kier alpha value is -1.20. The molecule has 0 bridgehead atoms. The zero-order valence-electron chi connectivity index (χ0n) is 12.4. The van der Waals surface area contributed by atoms with Gasteiger partial charge >= 0.3 is 0 Å². The van der Waals surface area contributed by atoms with Gasteiger partial charge in [0.25, 0.3) is 0 Å². The fraction of sp³-hybridized carbons (Fsp3) is 0.588. The van der Waals surface area contributed by atoms with Gasteiger partial charge in [0.2, 0.25) is 0 Å². The van der Waals surface area contributed by atoms with E-state index in [1.165, 1.54) is 37.8 Å². The van der Waals surface area contributed by atoms with Crippen molar-refractivity contribution >= 4 is 17.3 Å². The van der Waals surface area contributed by atoms with Gasteiger partial charge in [-0.15, -0.1) is 0 Å². The largest absolute Gasteiger partial charge is 0.368 e. The van der Waals surface area contributed by atoms with Gasteiger partial charge in [0.1, 0.15) is 6.07 Å². The third-order valence-electron chi connectivity index (χ3n) is 4.12. The molecule has 0 saturated heterocycles. The Bertz CT molecular complexity index is 484. The lowest BCUT2D eigenvalue weighted by molar-refractivity contribution is 0.528. The first-order valence-corrected chi connectivity index (χ1v) is 7.96. The number of nitriles is 1. The molecule has 0 heterocycles. The maximum absolute atomic E-state index is 8.99. The Morgan fingerprint density at radius 2 is 2.05 bits per heavy atom. The zero-order valence-corrected chi connectivity index (χ0v) is 13.2. The molecular weight excluding hydrogens is 268 g/mol. The Morgan fingerprint density at radius 1 is 1.35 bits per heavy atom. The second-order valence-electron chi connectivity index (χ2n) is 6.09. The van der Waals surface area contributed by atoms with Gasteiger partial charge in [0, 0.05) is 18.3 Å². The van der Waals surface area contributed by atoms with Crippen LogP contribution in [0.25, 0.3) is 0 Å². The first-order chi connectivity index (χ1) is 9.61. The first-order valence-electron chi connectivity index (χ1n) is 7.58. The fourth-order valence-electron chi connectivity index (χ4n) is 2.91. The summed E-state index contributed by atoms with van der Waals surface area (Å²) in [6.45, 7) is 5.60. The van der Waals surface area contributed by atoms with E-state index in [-0.39, 0.29) is 0 Å². The summed E-state index contributed by atoms with van der Waals surface area (Å²) in [5, 5.41) is 9.55. The standard InChI is InChI=1S/C17H23ClN2/c1-13(2)9-10-20(15-5-3-4-6-15)16-8-7-14(12-19)17(18)11-16/h7-8,11,13,15H,3-6,9-10H2,1-2H3. The maximum atomic E-state index is 8.99. The lowest BCUT2D eigenvalue weighted by atomic mass is 10.1. The summed E-state index contributed by atoms with van der Waals surface area (Å²) >= 11 is 6.19. The molecule has 1 saturated carbocycles. The van der Waals surface area contributed by atoms with Crippen molar-refractivity contribution in [1.82, 2.24) is 0 Å². The summed E-state index contributed by atoms with van der Waals surface area (Å²) in [5.74, 6) is 0.702. The van der Waals surface area contributed by atoms with Gasteiger partial charge in [-0.2, -0.15) is 5.26 Å². The van der Waals surface area contributed by atoms with Crippen molar-refractivity contribution in [1.29, 1.82) is 5.26 Å². The molecule has 0 unspecified atom stereocenters. The van der Waals surface area contributed by atoms with E-state index in [1.54, 1.807) is 0 Å². The van der Waals surface area contributed by atoms with Gasteiger partial charge in [-0.05, 0) is 43.4 Å². The summed E-state index contributed by atoms with van der Waals surface area (Å²) < 4.78 is 0. The highest BCUT2D eigenvalue weighted by Crippen LogP contribution is 2.31. The minimum absolute atomic E-state index is 0.561. The molecule has 0 spiro atoms. The molecule has 1 fully saturated rings. The molecule has 1 aliphatic carbocycles. The molecule has 2 nitrogen and oxygen atoms in total. The second-order valence-corrected chi connectivity index (χ2v) is 6.50. The highest BCUT2D eigenvalue weighted by molar-refractivity contribution is 6.32. The molecule has 0 radical (unpaired) electrons. The summed E-state index contributed by atoms with van der Waals surface area (Å²) in [6, 6.07) is 8.61. The van der Waals surface area contributed by atoms with Crippen LogP contribution < -0.4 is 4.90 Å². The van der Waals surface area contributed by atoms with E-state index in [9.17, 15) is 0 Å².